The van der Waals surface area contributed by atoms with Crippen LogP contribution in [0.5, 0.6) is 0 Å². The van der Waals surface area contributed by atoms with Gasteiger partial charge in [0.15, 0.2) is 5.65 Å². The van der Waals surface area contributed by atoms with E-state index in [4.69, 9.17) is 0 Å². The summed E-state index contributed by atoms with van der Waals surface area (Å²) in [6, 6.07) is 6.32. The van der Waals surface area contributed by atoms with E-state index in [1.54, 1.807) is 0 Å². The van der Waals surface area contributed by atoms with E-state index >= 15 is 0 Å². The van der Waals surface area contributed by atoms with Crippen molar-refractivity contribution >= 4 is 11.3 Å². The molecule has 0 bridgehead atoms. The van der Waals surface area contributed by atoms with Gasteiger partial charge in [-0.1, -0.05) is 76.7 Å². The first-order chi connectivity index (χ1) is 14.9. The Balaban J connectivity index is 1.39. The van der Waals surface area contributed by atoms with Crippen molar-refractivity contribution in [1.82, 2.24) is 14.4 Å². The van der Waals surface area contributed by atoms with Crippen molar-refractivity contribution in [3.8, 4) is 11.1 Å². The number of hydrogen-bond donors (Lipinski definition) is 1. The van der Waals surface area contributed by atoms with Crippen LogP contribution in [-0.2, 0) is 0 Å². The van der Waals surface area contributed by atoms with Crippen molar-refractivity contribution in [3.63, 3.8) is 0 Å². The summed E-state index contributed by atoms with van der Waals surface area (Å²) in [6.45, 7) is 1.02. The molecule has 3 aromatic rings. The lowest BCUT2D eigenvalue weighted by Gasteiger charge is -2.19. The molecule has 0 atom stereocenters. The van der Waals surface area contributed by atoms with E-state index < -0.39 is 0 Å². The summed E-state index contributed by atoms with van der Waals surface area (Å²) in [5.74, 6) is 0.856. The molecule has 1 aliphatic rings. The molecule has 1 fully saturated rings. The van der Waals surface area contributed by atoms with Crippen molar-refractivity contribution in [2.45, 2.75) is 77.0 Å². The summed E-state index contributed by atoms with van der Waals surface area (Å²) >= 11 is 0. The highest BCUT2D eigenvalue weighted by atomic mass is 15.0. The third kappa shape index (κ3) is 5.84. The van der Waals surface area contributed by atoms with Crippen LogP contribution in [0, 0.1) is 5.92 Å². The summed E-state index contributed by atoms with van der Waals surface area (Å²) < 4.78 is 2.11. The Kier molecular flexibility index (Phi) is 7.76. The first-order valence-corrected chi connectivity index (χ1v) is 12.0. The summed E-state index contributed by atoms with van der Waals surface area (Å²) in [4.78, 5) is 8.85. The first kappa shape index (κ1) is 20.9. The monoisotopic (exact) mass is 404 g/mol. The van der Waals surface area contributed by atoms with Crippen LogP contribution in [0.2, 0.25) is 0 Å². The molecule has 0 radical (unpaired) electrons. The SMILES string of the molecule is c1cncc(-c2cc(NCCC3CCCCCCCCCCC3)c3nccn3c2)c1. The minimum Gasteiger partial charge on any atom is -0.382 e. The predicted molar refractivity (Wildman–Crippen MR) is 126 cm³/mol. The lowest BCUT2D eigenvalue weighted by molar-refractivity contribution is 0.381. The molecule has 0 aromatic carbocycles. The molecule has 0 saturated heterocycles. The highest BCUT2D eigenvalue weighted by Gasteiger charge is 2.11. The number of imidazole rings is 1. The van der Waals surface area contributed by atoms with Crippen molar-refractivity contribution in [3.05, 3.63) is 49.2 Å². The Hall–Kier alpha value is -2.36. The first-order valence-electron chi connectivity index (χ1n) is 12.0. The number of anilines is 1. The van der Waals surface area contributed by atoms with E-state index in [1.807, 2.05) is 30.9 Å². The zero-order chi connectivity index (χ0) is 20.4. The topological polar surface area (TPSA) is 42.2 Å². The summed E-state index contributed by atoms with van der Waals surface area (Å²) in [5.41, 5.74) is 4.42. The van der Waals surface area contributed by atoms with Crippen LogP contribution in [0.4, 0.5) is 5.69 Å². The van der Waals surface area contributed by atoms with Gasteiger partial charge in [-0.25, -0.2) is 4.98 Å². The third-order valence-electron chi connectivity index (χ3n) is 6.58. The number of nitrogens with zero attached hydrogens (tertiary/aromatic N) is 3. The number of aromatic nitrogens is 3. The number of pyridine rings is 2. The maximum Gasteiger partial charge on any atom is 0.160 e. The predicted octanol–water partition coefficient (Wildman–Crippen LogP) is 7.12. The minimum absolute atomic E-state index is 0.856. The van der Waals surface area contributed by atoms with Gasteiger partial charge in [-0.3, -0.25) is 4.98 Å². The molecule has 0 unspecified atom stereocenters. The zero-order valence-corrected chi connectivity index (χ0v) is 18.2. The van der Waals surface area contributed by atoms with Gasteiger partial charge in [0.1, 0.15) is 0 Å². The van der Waals surface area contributed by atoms with Crippen LogP contribution >= 0.6 is 0 Å². The second-order valence-corrected chi connectivity index (χ2v) is 8.88. The molecule has 3 heterocycles. The number of hydrogen-bond acceptors (Lipinski definition) is 3. The molecule has 160 valence electrons. The average molecular weight is 405 g/mol. The Morgan fingerprint density at radius 1 is 0.900 bits per heavy atom. The van der Waals surface area contributed by atoms with Crippen LogP contribution in [-0.4, -0.2) is 20.9 Å². The smallest absolute Gasteiger partial charge is 0.160 e. The number of fused-ring (bicyclic) bond motifs is 1. The fourth-order valence-electron chi connectivity index (χ4n) is 4.80. The van der Waals surface area contributed by atoms with E-state index in [-0.39, 0.29) is 0 Å². The lowest BCUT2D eigenvalue weighted by atomic mass is 9.90. The van der Waals surface area contributed by atoms with Crippen molar-refractivity contribution < 1.29 is 0 Å². The number of nitrogens with one attached hydrogen (secondary N) is 1. The maximum atomic E-state index is 4.57. The van der Waals surface area contributed by atoms with Gasteiger partial charge < -0.3 is 9.72 Å². The quantitative estimate of drug-likeness (QED) is 0.492. The van der Waals surface area contributed by atoms with Gasteiger partial charge in [0.2, 0.25) is 0 Å². The largest absolute Gasteiger partial charge is 0.382 e. The van der Waals surface area contributed by atoms with Crippen molar-refractivity contribution in [1.29, 1.82) is 0 Å². The third-order valence-corrected chi connectivity index (χ3v) is 6.58. The summed E-state index contributed by atoms with van der Waals surface area (Å²) in [5, 5.41) is 3.71. The Morgan fingerprint density at radius 2 is 1.63 bits per heavy atom. The van der Waals surface area contributed by atoms with E-state index in [2.05, 4.69) is 38.0 Å². The average Bonchev–Trinajstić information content (AvgIpc) is 3.25. The van der Waals surface area contributed by atoms with E-state index in [1.165, 1.54) is 82.6 Å². The molecule has 1 N–H and O–H groups in total. The molecule has 3 aromatic heterocycles. The molecule has 4 rings (SSSR count). The standard InChI is InChI=1S/C26H36N4/c1-2-4-6-8-11-22(12-9-7-5-3-1)14-16-28-25-19-24(23-13-10-15-27-20-23)21-30-18-17-29-26(25)30/h10,13,15,17-22,28H,1-9,11-12,14,16H2. The summed E-state index contributed by atoms with van der Waals surface area (Å²) in [7, 11) is 0. The summed E-state index contributed by atoms with van der Waals surface area (Å²) in [6.07, 6.45) is 26.7. The molecule has 0 amide bonds. The Bertz CT molecular complexity index is 874. The molecule has 30 heavy (non-hydrogen) atoms. The van der Waals surface area contributed by atoms with Crippen molar-refractivity contribution in [2.75, 3.05) is 11.9 Å². The lowest BCUT2D eigenvalue weighted by Crippen LogP contribution is -2.11. The van der Waals surface area contributed by atoms with E-state index in [0.717, 1.165) is 29.4 Å². The molecule has 4 heteroatoms. The van der Waals surface area contributed by atoms with Gasteiger partial charge in [-0.2, -0.15) is 0 Å². The van der Waals surface area contributed by atoms with Gasteiger partial charge in [0.05, 0.1) is 5.69 Å². The second kappa shape index (κ2) is 11.1. The second-order valence-electron chi connectivity index (χ2n) is 8.88. The van der Waals surface area contributed by atoms with Crippen LogP contribution < -0.4 is 5.32 Å². The van der Waals surface area contributed by atoms with E-state index in [0.29, 0.717) is 0 Å². The molecule has 0 spiro atoms. The van der Waals surface area contributed by atoms with Gasteiger partial charge in [0.25, 0.3) is 0 Å². The number of rotatable bonds is 5. The molecule has 4 nitrogen and oxygen atoms in total. The van der Waals surface area contributed by atoms with Gasteiger partial charge in [-0.15, -0.1) is 0 Å². The normalized spacial score (nSPS) is 17.3. The Morgan fingerprint density at radius 3 is 2.33 bits per heavy atom. The van der Waals surface area contributed by atoms with E-state index in [9.17, 15) is 0 Å². The van der Waals surface area contributed by atoms with Gasteiger partial charge in [-0.05, 0) is 24.5 Å². The fourth-order valence-corrected chi connectivity index (χ4v) is 4.80. The Labute approximate surface area is 181 Å². The highest BCUT2D eigenvalue weighted by molar-refractivity contribution is 5.76. The molecule has 0 aliphatic heterocycles. The van der Waals surface area contributed by atoms with Crippen LogP contribution in [0.3, 0.4) is 0 Å². The van der Waals surface area contributed by atoms with Crippen LogP contribution in [0.25, 0.3) is 16.8 Å². The fraction of sp³-hybridized carbons (Fsp3) is 0.538. The molecule has 1 aliphatic carbocycles. The zero-order valence-electron chi connectivity index (χ0n) is 18.2. The molecular formula is C26H36N4. The van der Waals surface area contributed by atoms with Crippen molar-refractivity contribution in [2.24, 2.45) is 5.92 Å². The highest BCUT2D eigenvalue weighted by Crippen LogP contribution is 2.27. The maximum absolute atomic E-state index is 4.57. The van der Waals surface area contributed by atoms with Crippen LogP contribution in [0.1, 0.15) is 77.0 Å². The van der Waals surface area contributed by atoms with Gasteiger partial charge >= 0.3 is 0 Å². The minimum atomic E-state index is 0.856. The molecular weight excluding hydrogens is 368 g/mol. The van der Waals surface area contributed by atoms with Crippen LogP contribution in [0.15, 0.2) is 49.2 Å². The van der Waals surface area contributed by atoms with Gasteiger partial charge in [0, 0.05) is 48.7 Å². The molecule has 1 saturated carbocycles.